The van der Waals surface area contributed by atoms with Crippen LogP contribution in [-0.2, 0) is 0 Å². The van der Waals surface area contributed by atoms with Gasteiger partial charge in [-0.3, -0.25) is 0 Å². The van der Waals surface area contributed by atoms with E-state index in [4.69, 9.17) is 5.11 Å². The molecule has 2 aromatic heterocycles. The fourth-order valence-electron chi connectivity index (χ4n) is 1.60. The smallest absolute Gasteiger partial charge is 0.356 e. The molecule has 0 aliphatic heterocycles. The van der Waals surface area contributed by atoms with Gasteiger partial charge in [-0.1, -0.05) is 13.8 Å². The Morgan fingerprint density at radius 3 is 2.69 bits per heavy atom. The largest absolute Gasteiger partial charge is 0.476 e. The van der Waals surface area contributed by atoms with Gasteiger partial charge in [0.1, 0.15) is 5.82 Å². The zero-order chi connectivity index (χ0) is 11.9. The van der Waals surface area contributed by atoms with Gasteiger partial charge in [0.2, 0.25) is 0 Å². The Bertz CT molecular complexity index is 558. The van der Waals surface area contributed by atoms with Crippen LogP contribution in [0.2, 0.25) is 0 Å². The number of carboxylic acids is 1. The van der Waals surface area contributed by atoms with E-state index in [1.165, 1.54) is 0 Å². The summed E-state index contributed by atoms with van der Waals surface area (Å²) in [6, 6.07) is 3.60. The van der Waals surface area contributed by atoms with Gasteiger partial charge < -0.3 is 5.11 Å². The molecule has 1 N–H and O–H groups in total. The molecule has 0 saturated carbocycles. The summed E-state index contributed by atoms with van der Waals surface area (Å²) in [7, 11) is 0. The SMILES string of the molecule is Cc1nc(C(=O)O)c2ccc(C(C)C)nn12. The second-order valence-corrected chi connectivity index (χ2v) is 4.02. The fourth-order valence-corrected chi connectivity index (χ4v) is 1.60. The Balaban J connectivity index is 2.71. The van der Waals surface area contributed by atoms with E-state index in [0.717, 1.165) is 5.69 Å². The van der Waals surface area contributed by atoms with Crippen LogP contribution in [0, 0.1) is 6.92 Å². The molecular formula is C11H13N3O2. The lowest BCUT2D eigenvalue weighted by atomic mass is 10.1. The van der Waals surface area contributed by atoms with Gasteiger partial charge >= 0.3 is 5.97 Å². The number of carbonyl (C=O) groups is 1. The second-order valence-electron chi connectivity index (χ2n) is 4.02. The Morgan fingerprint density at radius 1 is 1.44 bits per heavy atom. The third-order valence-electron chi connectivity index (χ3n) is 2.47. The molecule has 84 valence electrons. The molecule has 5 nitrogen and oxygen atoms in total. The Morgan fingerprint density at radius 2 is 2.12 bits per heavy atom. The molecule has 0 amide bonds. The van der Waals surface area contributed by atoms with Crippen molar-refractivity contribution in [2.75, 3.05) is 0 Å². The molecule has 0 aliphatic rings. The quantitative estimate of drug-likeness (QED) is 0.837. The molecule has 0 radical (unpaired) electrons. The van der Waals surface area contributed by atoms with E-state index in [9.17, 15) is 4.79 Å². The Labute approximate surface area is 92.7 Å². The summed E-state index contributed by atoms with van der Waals surface area (Å²) in [5.41, 5.74) is 1.51. The average molecular weight is 219 g/mol. The molecule has 0 spiro atoms. The van der Waals surface area contributed by atoms with Crippen LogP contribution in [0.1, 0.15) is 41.8 Å². The summed E-state index contributed by atoms with van der Waals surface area (Å²) in [6.07, 6.45) is 0. The number of hydrogen-bond acceptors (Lipinski definition) is 3. The summed E-state index contributed by atoms with van der Waals surface area (Å²) >= 11 is 0. The fraction of sp³-hybridized carbons (Fsp3) is 0.364. The van der Waals surface area contributed by atoms with Crippen molar-refractivity contribution in [3.8, 4) is 0 Å². The topological polar surface area (TPSA) is 67.5 Å². The van der Waals surface area contributed by atoms with Crippen molar-refractivity contribution >= 4 is 11.5 Å². The van der Waals surface area contributed by atoms with Crippen molar-refractivity contribution < 1.29 is 9.90 Å². The van der Waals surface area contributed by atoms with Gasteiger partial charge in [-0.25, -0.2) is 14.3 Å². The minimum absolute atomic E-state index is 0.0558. The van der Waals surface area contributed by atoms with Crippen LogP contribution in [0.3, 0.4) is 0 Å². The molecule has 0 aliphatic carbocycles. The van der Waals surface area contributed by atoms with Crippen LogP contribution in [0.4, 0.5) is 0 Å². The maximum atomic E-state index is 10.9. The molecule has 0 saturated heterocycles. The maximum Gasteiger partial charge on any atom is 0.356 e. The van der Waals surface area contributed by atoms with Crippen LogP contribution >= 0.6 is 0 Å². The van der Waals surface area contributed by atoms with E-state index < -0.39 is 5.97 Å². The number of nitrogens with zero attached hydrogens (tertiary/aromatic N) is 3. The number of aromatic nitrogens is 3. The zero-order valence-electron chi connectivity index (χ0n) is 9.43. The first kappa shape index (κ1) is 10.6. The van der Waals surface area contributed by atoms with Crippen LogP contribution < -0.4 is 0 Å². The van der Waals surface area contributed by atoms with Gasteiger partial charge in [-0.05, 0) is 25.0 Å². The third-order valence-corrected chi connectivity index (χ3v) is 2.47. The number of fused-ring (bicyclic) bond motifs is 1. The summed E-state index contributed by atoms with van der Waals surface area (Å²) in [5, 5.41) is 13.3. The summed E-state index contributed by atoms with van der Waals surface area (Å²) in [4.78, 5) is 14.9. The molecule has 0 bridgehead atoms. The molecule has 2 heterocycles. The van der Waals surface area contributed by atoms with E-state index in [2.05, 4.69) is 10.1 Å². The van der Waals surface area contributed by atoms with E-state index in [1.54, 1.807) is 17.5 Å². The predicted molar refractivity (Wildman–Crippen MR) is 58.8 cm³/mol. The van der Waals surface area contributed by atoms with Crippen LogP contribution in [0.15, 0.2) is 12.1 Å². The molecule has 0 unspecified atom stereocenters. The average Bonchev–Trinajstić information content (AvgIpc) is 2.56. The molecule has 16 heavy (non-hydrogen) atoms. The zero-order valence-corrected chi connectivity index (χ0v) is 9.43. The van der Waals surface area contributed by atoms with Crippen molar-refractivity contribution in [1.29, 1.82) is 0 Å². The highest BCUT2D eigenvalue weighted by atomic mass is 16.4. The number of imidazole rings is 1. The number of aromatic carboxylic acids is 1. The predicted octanol–water partition coefficient (Wildman–Crippen LogP) is 1.86. The van der Waals surface area contributed by atoms with Crippen molar-refractivity contribution in [2.45, 2.75) is 26.7 Å². The van der Waals surface area contributed by atoms with Crippen molar-refractivity contribution in [3.05, 3.63) is 29.3 Å². The standard InChI is InChI=1S/C11H13N3O2/c1-6(2)8-4-5-9-10(11(15)16)12-7(3)14(9)13-8/h4-6H,1-3H3,(H,15,16). The van der Waals surface area contributed by atoms with Crippen LogP contribution in [0.5, 0.6) is 0 Å². The highest BCUT2D eigenvalue weighted by Crippen LogP contribution is 2.16. The van der Waals surface area contributed by atoms with E-state index in [0.29, 0.717) is 17.3 Å². The van der Waals surface area contributed by atoms with E-state index >= 15 is 0 Å². The number of aryl methyl sites for hydroxylation is 1. The molecule has 0 aromatic carbocycles. The lowest BCUT2D eigenvalue weighted by Crippen LogP contribution is -2.02. The first-order valence-electron chi connectivity index (χ1n) is 5.10. The van der Waals surface area contributed by atoms with Gasteiger partial charge in [-0.15, -0.1) is 0 Å². The molecule has 2 aromatic rings. The summed E-state index contributed by atoms with van der Waals surface area (Å²) in [6.45, 7) is 5.83. The molecule has 2 rings (SSSR count). The molecule has 0 fully saturated rings. The van der Waals surface area contributed by atoms with Crippen LogP contribution in [0.25, 0.3) is 5.52 Å². The second kappa shape index (κ2) is 3.59. The Kier molecular flexibility index (Phi) is 2.38. The van der Waals surface area contributed by atoms with Gasteiger partial charge in [0.05, 0.1) is 11.2 Å². The minimum atomic E-state index is -1.02. The highest BCUT2D eigenvalue weighted by molar-refractivity contribution is 5.93. The normalized spacial score (nSPS) is 11.2. The van der Waals surface area contributed by atoms with E-state index in [1.807, 2.05) is 19.9 Å². The molecular weight excluding hydrogens is 206 g/mol. The molecule has 5 heteroatoms. The lowest BCUT2D eigenvalue weighted by molar-refractivity contribution is 0.0693. The minimum Gasteiger partial charge on any atom is -0.476 e. The monoisotopic (exact) mass is 219 g/mol. The van der Waals surface area contributed by atoms with Gasteiger partial charge in [-0.2, -0.15) is 5.10 Å². The molecule has 0 atom stereocenters. The van der Waals surface area contributed by atoms with Gasteiger partial charge in [0.25, 0.3) is 0 Å². The van der Waals surface area contributed by atoms with Crippen molar-refractivity contribution in [1.82, 2.24) is 14.6 Å². The van der Waals surface area contributed by atoms with Gasteiger partial charge in [0.15, 0.2) is 5.69 Å². The summed E-state index contributed by atoms with van der Waals surface area (Å²) in [5.74, 6) is -0.126. The lowest BCUT2D eigenvalue weighted by Gasteiger charge is -2.04. The van der Waals surface area contributed by atoms with Crippen LogP contribution in [-0.4, -0.2) is 25.7 Å². The first-order chi connectivity index (χ1) is 7.50. The number of hydrogen-bond donors (Lipinski definition) is 1. The summed E-state index contributed by atoms with van der Waals surface area (Å²) < 4.78 is 1.58. The number of rotatable bonds is 2. The van der Waals surface area contributed by atoms with Gasteiger partial charge in [0, 0.05) is 0 Å². The van der Waals surface area contributed by atoms with Crippen molar-refractivity contribution in [2.24, 2.45) is 0 Å². The Hall–Kier alpha value is -1.91. The maximum absolute atomic E-state index is 10.9. The third kappa shape index (κ3) is 1.54. The number of carboxylic acid groups (broad SMARTS) is 1. The van der Waals surface area contributed by atoms with Crippen molar-refractivity contribution in [3.63, 3.8) is 0 Å². The van der Waals surface area contributed by atoms with E-state index in [-0.39, 0.29) is 5.69 Å². The first-order valence-corrected chi connectivity index (χ1v) is 5.10. The highest BCUT2D eigenvalue weighted by Gasteiger charge is 2.16.